The van der Waals surface area contributed by atoms with Crippen LogP contribution in [0.2, 0.25) is 10.0 Å². The van der Waals surface area contributed by atoms with Crippen molar-refractivity contribution in [3.8, 4) is 5.75 Å². The first kappa shape index (κ1) is 28.5. The Bertz CT molecular complexity index is 1790. The van der Waals surface area contributed by atoms with Crippen molar-refractivity contribution in [2.45, 2.75) is 22.7 Å². The number of methoxy groups -OCH3 is 1. The minimum atomic E-state index is -0.875. The summed E-state index contributed by atoms with van der Waals surface area (Å²) in [5.41, 5.74) is 1.38. The molecule has 6 rings (SSSR count). The lowest BCUT2D eigenvalue weighted by Gasteiger charge is -2.30. The van der Waals surface area contributed by atoms with Crippen molar-refractivity contribution in [3.63, 3.8) is 0 Å². The molecule has 13 heteroatoms. The average molecular weight is 645 g/mol. The third kappa shape index (κ3) is 5.00. The van der Waals surface area contributed by atoms with E-state index in [-0.39, 0.29) is 17.3 Å². The molecule has 1 fully saturated rings. The Morgan fingerprint density at radius 1 is 0.976 bits per heavy atom. The van der Waals surface area contributed by atoms with Gasteiger partial charge in [-0.05, 0) is 60.2 Å². The molecule has 3 atom stereocenters. The van der Waals surface area contributed by atoms with Crippen molar-refractivity contribution < 1.29 is 23.5 Å². The summed E-state index contributed by atoms with van der Waals surface area (Å²) in [6, 6.07) is 16.9. The number of ether oxygens (including phenoxy) is 1. The lowest BCUT2D eigenvalue weighted by Crippen LogP contribution is -2.33. The van der Waals surface area contributed by atoms with Gasteiger partial charge in [0, 0.05) is 16.5 Å². The fourth-order valence-corrected chi connectivity index (χ4v) is 8.26. The molecule has 3 amide bonds. The summed E-state index contributed by atoms with van der Waals surface area (Å²) in [5, 5.41) is 2.88. The van der Waals surface area contributed by atoms with Crippen LogP contribution < -0.4 is 19.8 Å². The molecular formula is C29H20Cl2FN3O5S2. The van der Waals surface area contributed by atoms with Gasteiger partial charge in [-0.1, -0.05) is 58.4 Å². The van der Waals surface area contributed by atoms with Crippen LogP contribution in [0.4, 0.5) is 15.8 Å². The van der Waals surface area contributed by atoms with E-state index in [0.29, 0.717) is 31.9 Å². The number of benzene rings is 3. The highest BCUT2D eigenvalue weighted by molar-refractivity contribution is 8.00. The molecule has 2 aliphatic rings. The summed E-state index contributed by atoms with van der Waals surface area (Å²) in [4.78, 5) is 55.2. The van der Waals surface area contributed by atoms with Crippen LogP contribution in [-0.2, 0) is 20.9 Å². The summed E-state index contributed by atoms with van der Waals surface area (Å²) in [5.74, 6) is -2.77. The first-order valence-electron chi connectivity index (χ1n) is 12.6. The molecular weight excluding hydrogens is 624 g/mol. The molecule has 42 heavy (non-hydrogen) atoms. The smallest absolute Gasteiger partial charge is 0.308 e. The van der Waals surface area contributed by atoms with Crippen LogP contribution in [0, 0.1) is 11.7 Å². The van der Waals surface area contributed by atoms with Gasteiger partial charge in [-0.25, -0.2) is 9.29 Å². The maximum absolute atomic E-state index is 13.9. The number of carbonyl (C=O) groups excluding carboxylic acids is 3. The zero-order valence-electron chi connectivity index (χ0n) is 21.7. The summed E-state index contributed by atoms with van der Waals surface area (Å²) < 4.78 is 20.2. The lowest BCUT2D eigenvalue weighted by molar-refractivity contribution is -0.122. The number of imide groups is 1. The van der Waals surface area contributed by atoms with E-state index in [4.69, 9.17) is 27.9 Å². The second-order valence-corrected chi connectivity index (χ2v) is 12.5. The van der Waals surface area contributed by atoms with Crippen molar-refractivity contribution in [2.75, 3.05) is 17.3 Å². The number of carbonyl (C=O) groups is 3. The molecule has 0 saturated carbocycles. The van der Waals surface area contributed by atoms with Gasteiger partial charge in [-0.2, -0.15) is 0 Å². The highest BCUT2D eigenvalue weighted by Gasteiger charge is 2.56. The number of halogens is 3. The number of rotatable bonds is 6. The Kier molecular flexibility index (Phi) is 7.61. The first-order chi connectivity index (χ1) is 20.2. The molecule has 8 nitrogen and oxygen atoms in total. The van der Waals surface area contributed by atoms with E-state index in [9.17, 15) is 23.6 Å². The van der Waals surface area contributed by atoms with E-state index < -0.39 is 45.5 Å². The molecule has 3 heterocycles. The number of fused-ring (bicyclic) bond motifs is 2. The topological polar surface area (TPSA) is 97.7 Å². The van der Waals surface area contributed by atoms with Crippen LogP contribution in [0.15, 0.2) is 76.6 Å². The van der Waals surface area contributed by atoms with Crippen LogP contribution in [0.25, 0.3) is 0 Å². The van der Waals surface area contributed by atoms with E-state index in [1.807, 2.05) is 0 Å². The summed E-state index contributed by atoms with van der Waals surface area (Å²) in [6.45, 7) is -0.325. The van der Waals surface area contributed by atoms with Gasteiger partial charge >= 0.3 is 4.87 Å². The number of amides is 3. The van der Waals surface area contributed by atoms with Crippen molar-refractivity contribution in [2.24, 2.45) is 5.92 Å². The van der Waals surface area contributed by atoms with E-state index in [1.54, 1.807) is 36.4 Å². The van der Waals surface area contributed by atoms with Crippen molar-refractivity contribution in [3.05, 3.63) is 103 Å². The Morgan fingerprint density at radius 3 is 2.36 bits per heavy atom. The Labute approximate surface area is 257 Å². The van der Waals surface area contributed by atoms with Gasteiger partial charge in [-0.15, -0.1) is 0 Å². The molecule has 1 saturated heterocycles. The number of hydrogen-bond donors (Lipinski definition) is 1. The van der Waals surface area contributed by atoms with Gasteiger partial charge in [0.1, 0.15) is 23.4 Å². The molecule has 1 N–H and O–H groups in total. The molecule has 2 aliphatic heterocycles. The van der Waals surface area contributed by atoms with Gasteiger partial charge in [0.2, 0.25) is 17.7 Å². The van der Waals surface area contributed by atoms with Crippen molar-refractivity contribution in [1.82, 2.24) is 4.57 Å². The molecule has 1 aromatic heterocycles. The van der Waals surface area contributed by atoms with Crippen LogP contribution in [-0.4, -0.2) is 34.6 Å². The van der Waals surface area contributed by atoms with E-state index >= 15 is 0 Å². The standard InChI is InChI=1S/C29H20Cl2FN3O5S2/c1-40-18-9-2-14(3-10-18)22-23-24(27(38)35(26(23)37)17-7-4-15(32)5-8-17)41-28-25(22)42-29(39)34(28)13-21(36)33-16-6-11-19(30)20(31)12-16/h2-12,22-24H,13H2,1H3,(H,33,36)/t22-,23?,24?/m1/s1. The maximum atomic E-state index is 13.9. The SMILES string of the molecule is COc1ccc([C@H]2c3sc(=O)n(CC(=O)Nc4ccc(Cl)c(Cl)c4)c3SC3C(=O)N(c4ccc(F)cc4)C(=O)C32)cc1. The zero-order valence-corrected chi connectivity index (χ0v) is 24.8. The Balaban J connectivity index is 1.40. The van der Waals surface area contributed by atoms with Crippen LogP contribution >= 0.6 is 46.3 Å². The third-order valence-corrected chi connectivity index (χ3v) is 10.5. The third-order valence-electron chi connectivity index (χ3n) is 7.11. The van der Waals surface area contributed by atoms with Crippen LogP contribution in [0.3, 0.4) is 0 Å². The number of aromatic nitrogens is 1. The molecule has 0 radical (unpaired) electrons. The summed E-state index contributed by atoms with van der Waals surface area (Å²) in [6.07, 6.45) is 0. The molecule has 2 unspecified atom stereocenters. The number of nitrogens with zero attached hydrogens (tertiary/aromatic N) is 2. The van der Waals surface area contributed by atoms with Gasteiger partial charge in [0.05, 0.1) is 33.8 Å². The average Bonchev–Trinajstić information content (AvgIpc) is 3.41. The summed E-state index contributed by atoms with van der Waals surface area (Å²) in [7, 11) is 1.54. The second-order valence-electron chi connectivity index (χ2n) is 9.60. The van der Waals surface area contributed by atoms with Gasteiger partial charge < -0.3 is 10.1 Å². The fraction of sp³-hybridized carbons (Fsp3) is 0.172. The molecule has 3 aromatic carbocycles. The molecule has 0 spiro atoms. The number of nitrogens with one attached hydrogen (secondary N) is 1. The van der Waals surface area contributed by atoms with E-state index in [0.717, 1.165) is 28.0 Å². The predicted octanol–water partition coefficient (Wildman–Crippen LogP) is 5.80. The van der Waals surface area contributed by atoms with Crippen LogP contribution in [0.1, 0.15) is 16.4 Å². The maximum Gasteiger partial charge on any atom is 0.308 e. The van der Waals surface area contributed by atoms with Gasteiger partial charge in [0.15, 0.2) is 0 Å². The first-order valence-corrected chi connectivity index (χ1v) is 15.0. The molecule has 0 bridgehead atoms. The fourth-order valence-electron chi connectivity index (χ4n) is 5.19. The van der Waals surface area contributed by atoms with Crippen molar-refractivity contribution >= 4 is 75.4 Å². The number of thioether (sulfide) groups is 1. The number of anilines is 2. The Morgan fingerprint density at radius 2 is 1.69 bits per heavy atom. The summed E-state index contributed by atoms with van der Waals surface area (Å²) >= 11 is 14.1. The highest BCUT2D eigenvalue weighted by Crippen LogP contribution is 2.54. The predicted molar refractivity (Wildman–Crippen MR) is 161 cm³/mol. The number of thiazole rings is 1. The highest BCUT2D eigenvalue weighted by atomic mass is 35.5. The van der Waals surface area contributed by atoms with Gasteiger partial charge in [-0.3, -0.25) is 23.7 Å². The minimum Gasteiger partial charge on any atom is -0.497 e. The molecule has 0 aliphatic carbocycles. The quantitative estimate of drug-likeness (QED) is 0.267. The monoisotopic (exact) mass is 643 g/mol. The zero-order chi connectivity index (χ0) is 29.7. The second kappa shape index (κ2) is 11.2. The van der Waals surface area contributed by atoms with E-state index in [2.05, 4.69) is 5.32 Å². The van der Waals surface area contributed by atoms with E-state index in [1.165, 1.54) is 42.0 Å². The Hall–Kier alpha value is -3.64. The van der Waals surface area contributed by atoms with Gasteiger partial charge in [0.25, 0.3) is 0 Å². The van der Waals surface area contributed by atoms with Crippen molar-refractivity contribution in [1.29, 1.82) is 0 Å². The normalized spacial score (nSPS) is 19.4. The molecule has 214 valence electrons. The lowest BCUT2D eigenvalue weighted by atomic mass is 9.83. The number of hydrogen-bond acceptors (Lipinski definition) is 7. The largest absolute Gasteiger partial charge is 0.497 e. The minimum absolute atomic E-state index is 0.261. The van der Waals surface area contributed by atoms with Crippen LogP contribution in [0.5, 0.6) is 5.75 Å². The molecule has 4 aromatic rings.